The fourth-order valence-corrected chi connectivity index (χ4v) is 2.98. The minimum Gasteiger partial charge on any atom is -0.478 e. The Balaban J connectivity index is 2.12. The van der Waals surface area contributed by atoms with Gasteiger partial charge in [-0.05, 0) is 17.7 Å². The first kappa shape index (κ1) is 13.8. The average Bonchev–Trinajstić information content (AvgIpc) is 2.39. The van der Waals surface area contributed by atoms with Gasteiger partial charge in [-0.3, -0.25) is 0 Å². The van der Waals surface area contributed by atoms with Crippen LogP contribution in [-0.4, -0.2) is 21.0 Å². The Hall–Kier alpha value is -1.60. The number of aromatic nitrogens is 2. The molecule has 1 aromatic carbocycles. The smallest absolute Gasteiger partial charge is 0.335 e. The number of hydrogen-bond acceptors (Lipinski definition) is 5. The molecule has 0 aliphatic carbocycles. The van der Waals surface area contributed by atoms with E-state index in [0.29, 0.717) is 16.6 Å². The lowest BCUT2D eigenvalue weighted by atomic mass is 10.1. The predicted octanol–water partition coefficient (Wildman–Crippen LogP) is 2.81. The second-order valence-corrected chi connectivity index (χ2v) is 5.47. The van der Waals surface area contributed by atoms with Gasteiger partial charge < -0.3 is 10.8 Å². The van der Waals surface area contributed by atoms with Gasteiger partial charge in [-0.15, -0.1) is 0 Å². The van der Waals surface area contributed by atoms with Crippen molar-refractivity contribution in [3.8, 4) is 0 Å². The highest BCUT2D eigenvalue weighted by molar-refractivity contribution is 9.10. The fourth-order valence-electron chi connectivity index (χ4n) is 1.39. The molecule has 0 bridgehead atoms. The van der Waals surface area contributed by atoms with Crippen molar-refractivity contribution < 1.29 is 9.90 Å². The molecular formula is C12H10BrN3O2S. The SMILES string of the molecule is Nc1nccnc1SCc1ccc(C(=O)O)cc1Br. The quantitative estimate of drug-likeness (QED) is 0.832. The van der Waals surface area contributed by atoms with Crippen LogP contribution in [0.3, 0.4) is 0 Å². The third kappa shape index (κ3) is 3.45. The fraction of sp³-hybridized carbons (Fsp3) is 0.0833. The third-order valence-corrected chi connectivity index (χ3v) is 4.14. The number of carbonyl (C=O) groups is 1. The molecule has 7 heteroatoms. The Bertz CT molecular complexity index is 622. The van der Waals surface area contributed by atoms with Crippen LogP contribution in [0.15, 0.2) is 40.1 Å². The zero-order chi connectivity index (χ0) is 13.8. The van der Waals surface area contributed by atoms with Crippen LogP contribution in [0.4, 0.5) is 5.82 Å². The second-order valence-electron chi connectivity index (χ2n) is 3.65. The lowest BCUT2D eigenvalue weighted by molar-refractivity contribution is 0.0697. The summed E-state index contributed by atoms with van der Waals surface area (Å²) in [5.74, 6) is 0.0764. The minimum absolute atomic E-state index is 0.250. The number of thioether (sulfide) groups is 1. The van der Waals surface area contributed by atoms with Gasteiger partial charge in [-0.1, -0.05) is 33.8 Å². The molecule has 2 aromatic rings. The molecule has 0 fully saturated rings. The van der Waals surface area contributed by atoms with E-state index in [-0.39, 0.29) is 5.56 Å². The van der Waals surface area contributed by atoms with Gasteiger partial charge in [0, 0.05) is 22.6 Å². The highest BCUT2D eigenvalue weighted by Gasteiger charge is 2.08. The molecule has 98 valence electrons. The van der Waals surface area contributed by atoms with E-state index in [1.165, 1.54) is 18.0 Å². The third-order valence-electron chi connectivity index (χ3n) is 2.36. The number of carboxylic acid groups (broad SMARTS) is 1. The van der Waals surface area contributed by atoms with Crippen LogP contribution in [0.2, 0.25) is 0 Å². The van der Waals surface area contributed by atoms with Crippen molar-refractivity contribution in [2.45, 2.75) is 10.8 Å². The zero-order valence-corrected chi connectivity index (χ0v) is 12.1. The molecule has 1 heterocycles. The Kier molecular flexibility index (Phi) is 4.39. The maximum Gasteiger partial charge on any atom is 0.335 e. The number of carboxylic acids is 1. The largest absolute Gasteiger partial charge is 0.478 e. The molecule has 0 spiro atoms. The van der Waals surface area contributed by atoms with E-state index in [1.54, 1.807) is 24.4 Å². The number of benzene rings is 1. The van der Waals surface area contributed by atoms with E-state index in [2.05, 4.69) is 25.9 Å². The average molecular weight is 340 g/mol. The van der Waals surface area contributed by atoms with Gasteiger partial charge in [0.15, 0.2) is 5.82 Å². The number of aromatic carboxylic acids is 1. The predicted molar refractivity (Wildman–Crippen MR) is 77.1 cm³/mol. The van der Waals surface area contributed by atoms with Crippen molar-refractivity contribution in [1.82, 2.24) is 9.97 Å². The molecule has 0 saturated carbocycles. The van der Waals surface area contributed by atoms with E-state index < -0.39 is 5.97 Å². The minimum atomic E-state index is -0.946. The van der Waals surface area contributed by atoms with Gasteiger partial charge in [0.1, 0.15) is 5.03 Å². The molecule has 0 atom stereocenters. The van der Waals surface area contributed by atoms with Crippen molar-refractivity contribution in [1.29, 1.82) is 0 Å². The van der Waals surface area contributed by atoms with Crippen LogP contribution in [0.5, 0.6) is 0 Å². The highest BCUT2D eigenvalue weighted by atomic mass is 79.9. The summed E-state index contributed by atoms with van der Waals surface area (Å²) in [5.41, 5.74) is 6.92. The normalized spacial score (nSPS) is 10.4. The summed E-state index contributed by atoms with van der Waals surface area (Å²) < 4.78 is 0.752. The lowest BCUT2D eigenvalue weighted by Crippen LogP contribution is -1.98. The van der Waals surface area contributed by atoms with Crippen molar-refractivity contribution in [3.63, 3.8) is 0 Å². The van der Waals surface area contributed by atoms with Gasteiger partial charge in [0.2, 0.25) is 0 Å². The maximum absolute atomic E-state index is 10.8. The van der Waals surface area contributed by atoms with Crippen molar-refractivity contribution in [3.05, 3.63) is 46.2 Å². The van der Waals surface area contributed by atoms with Crippen molar-refractivity contribution >= 4 is 39.5 Å². The van der Waals surface area contributed by atoms with Gasteiger partial charge in [-0.2, -0.15) is 0 Å². The van der Waals surface area contributed by atoms with Crippen LogP contribution in [-0.2, 0) is 5.75 Å². The van der Waals surface area contributed by atoms with Gasteiger partial charge >= 0.3 is 5.97 Å². The van der Waals surface area contributed by atoms with Gasteiger partial charge in [0.05, 0.1) is 5.56 Å². The molecule has 19 heavy (non-hydrogen) atoms. The maximum atomic E-state index is 10.8. The first-order chi connectivity index (χ1) is 9.08. The molecule has 0 amide bonds. The summed E-state index contributed by atoms with van der Waals surface area (Å²) >= 11 is 4.82. The van der Waals surface area contributed by atoms with E-state index in [9.17, 15) is 4.79 Å². The summed E-state index contributed by atoms with van der Waals surface area (Å²) in [5, 5.41) is 9.55. The number of halogens is 1. The second kappa shape index (κ2) is 6.03. The Morgan fingerprint density at radius 2 is 2.11 bits per heavy atom. The van der Waals surface area contributed by atoms with Crippen LogP contribution in [0, 0.1) is 0 Å². The Morgan fingerprint density at radius 3 is 2.74 bits per heavy atom. The lowest BCUT2D eigenvalue weighted by Gasteiger charge is -2.06. The molecule has 0 aliphatic rings. The van der Waals surface area contributed by atoms with Gasteiger partial charge in [0.25, 0.3) is 0 Å². The number of rotatable bonds is 4. The summed E-state index contributed by atoms with van der Waals surface area (Å²) in [7, 11) is 0. The van der Waals surface area contributed by atoms with Crippen LogP contribution in [0.25, 0.3) is 0 Å². The van der Waals surface area contributed by atoms with E-state index >= 15 is 0 Å². The van der Waals surface area contributed by atoms with Crippen LogP contribution in [0.1, 0.15) is 15.9 Å². The number of hydrogen-bond donors (Lipinski definition) is 2. The number of nitrogen functional groups attached to an aromatic ring is 1. The number of nitrogens with zero attached hydrogens (tertiary/aromatic N) is 2. The van der Waals surface area contributed by atoms with Gasteiger partial charge in [-0.25, -0.2) is 14.8 Å². The number of anilines is 1. The summed E-state index contributed by atoms with van der Waals surface area (Å²) in [6.45, 7) is 0. The molecule has 1 aromatic heterocycles. The Morgan fingerprint density at radius 1 is 1.37 bits per heavy atom. The molecule has 0 aliphatic heterocycles. The summed E-state index contributed by atoms with van der Waals surface area (Å²) in [4.78, 5) is 18.9. The van der Waals surface area contributed by atoms with E-state index in [4.69, 9.17) is 10.8 Å². The molecule has 0 radical (unpaired) electrons. The first-order valence-electron chi connectivity index (χ1n) is 5.29. The van der Waals surface area contributed by atoms with Crippen molar-refractivity contribution in [2.75, 3.05) is 5.73 Å². The molecule has 2 rings (SSSR count). The first-order valence-corrected chi connectivity index (χ1v) is 7.07. The molecule has 3 N–H and O–H groups in total. The van der Waals surface area contributed by atoms with E-state index in [0.717, 1.165) is 10.0 Å². The molecular weight excluding hydrogens is 330 g/mol. The Labute approximate surface area is 122 Å². The topological polar surface area (TPSA) is 89.1 Å². The summed E-state index contributed by atoms with van der Waals surface area (Å²) in [6, 6.07) is 4.92. The summed E-state index contributed by atoms with van der Waals surface area (Å²) in [6.07, 6.45) is 3.12. The number of nitrogens with two attached hydrogens (primary N) is 1. The van der Waals surface area contributed by atoms with E-state index in [1.807, 2.05) is 0 Å². The van der Waals surface area contributed by atoms with Crippen LogP contribution < -0.4 is 5.73 Å². The van der Waals surface area contributed by atoms with Crippen molar-refractivity contribution in [2.24, 2.45) is 0 Å². The van der Waals surface area contributed by atoms with Crippen LogP contribution >= 0.6 is 27.7 Å². The monoisotopic (exact) mass is 339 g/mol. The zero-order valence-electron chi connectivity index (χ0n) is 9.71. The molecule has 0 saturated heterocycles. The standard InChI is InChI=1S/C12H10BrN3O2S/c13-9-5-7(12(17)18)1-2-8(9)6-19-11-10(14)15-3-4-16-11/h1-5H,6H2,(H2,14,15)(H,17,18). The molecule has 0 unspecified atom stereocenters. The highest BCUT2D eigenvalue weighted by Crippen LogP contribution is 2.28. The molecule has 5 nitrogen and oxygen atoms in total.